The Morgan fingerprint density at radius 3 is 2.70 bits per heavy atom. The van der Waals surface area contributed by atoms with Crippen LogP contribution in [0.3, 0.4) is 0 Å². The highest BCUT2D eigenvalue weighted by Gasteiger charge is 2.28. The Balaban J connectivity index is 1.48. The van der Waals surface area contributed by atoms with E-state index >= 15 is 0 Å². The van der Waals surface area contributed by atoms with Gasteiger partial charge in [-0.05, 0) is 49.2 Å². The molecule has 6 heteroatoms. The lowest BCUT2D eigenvalue weighted by atomic mass is 9.93. The van der Waals surface area contributed by atoms with Gasteiger partial charge >= 0.3 is 0 Å². The van der Waals surface area contributed by atoms with Crippen LogP contribution in [0.5, 0.6) is 5.75 Å². The Morgan fingerprint density at radius 2 is 2.00 bits per heavy atom. The van der Waals surface area contributed by atoms with E-state index in [9.17, 15) is 9.18 Å². The van der Waals surface area contributed by atoms with E-state index in [2.05, 4.69) is 11.1 Å². The normalized spacial score (nSPS) is 15.3. The fourth-order valence-corrected chi connectivity index (χ4v) is 3.98. The molecule has 2 heterocycles. The maximum atomic E-state index is 14.0. The number of methoxy groups -OCH3 is 1. The molecular weight excluding hydrogens is 367 g/mol. The third-order valence-corrected chi connectivity index (χ3v) is 5.56. The molecule has 1 amide bonds. The number of carbonyl (C=O) groups is 1. The molecule has 1 aliphatic rings. The molecule has 0 aliphatic carbocycles. The molecule has 0 saturated carbocycles. The van der Waals surface area contributed by atoms with Crippen LogP contribution in [-0.4, -0.2) is 36.0 Å². The van der Waals surface area contributed by atoms with Crippen LogP contribution in [0.2, 0.25) is 5.02 Å². The smallest absolute Gasteiger partial charge is 0.258 e. The molecule has 1 aromatic heterocycles. The number of piperidine rings is 1. The molecule has 0 unspecified atom stereocenters. The summed E-state index contributed by atoms with van der Waals surface area (Å²) in [5.41, 5.74) is 2.20. The fourth-order valence-electron chi connectivity index (χ4n) is 3.73. The van der Waals surface area contributed by atoms with Gasteiger partial charge in [0.25, 0.3) is 5.91 Å². The third kappa shape index (κ3) is 3.39. The molecule has 1 saturated heterocycles. The fraction of sp³-hybridized carbons (Fsp3) is 0.286. The minimum Gasteiger partial charge on any atom is -0.497 e. The van der Waals surface area contributed by atoms with Crippen molar-refractivity contribution in [1.29, 1.82) is 0 Å². The number of halogens is 2. The number of H-pyrrole nitrogens is 1. The van der Waals surface area contributed by atoms with Crippen LogP contribution >= 0.6 is 11.6 Å². The van der Waals surface area contributed by atoms with E-state index in [1.54, 1.807) is 18.1 Å². The standard InChI is InChI=1S/C21H20ClFN2O2/c1-27-15-5-6-18-14(11-15)12-19(24-18)13-7-9-25(10-8-13)21(26)20-16(22)3-2-4-17(20)23/h2-6,11-13,24H,7-10H2,1H3. The van der Waals surface area contributed by atoms with Crippen molar-refractivity contribution in [3.05, 3.63) is 64.6 Å². The van der Waals surface area contributed by atoms with E-state index in [1.165, 1.54) is 12.1 Å². The maximum Gasteiger partial charge on any atom is 0.258 e. The Bertz CT molecular complexity index is 973. The first-order valence-corrected chi connectivity index (χ1v) is 9.34. The number of amides is 1. The largest absolute Gasteiger partial charge is 0.497 e. The number of hydrogen-bond acceptors (Lipinski definition) is 2. The van der Waals surface area contributed by atoms with Crippen LogP contribution in [0.4, 0.5) is 4.39 Å². The van der Waals surface area contributed by atoms with Gasteiger partial charge < -0.3 is 14.6 Å². The van der Waals surface area contributed by atoms with Crippen molar-refractivity contribution >= 4 is 28.4 Å². The summed E-state index contributed by atoms with van der Waals surface area (Å²) in [5, 5.41) is 1.27. The lowest BCUT2D eigenvalue weighted by Crippen LogP contribution is -2.38. The average molecular weight is 387 g/mol. The SMILES string of the molecule is COc1ccc2[nH]c(C3CCN(C(=O)c4c(F)cccc4Cl)CC3)cc2c1. The van der Waals surface area contributed by atoms with Crippen LogP contribution in [0.25, 0.3) is 10.9 Å². The molecule has 1 aliphatic heterocycles. The summed E-state index contributed by atoms with van der Waals surface area (Å²) in [4.78, 5) is 17.8. The van der Waals surface area contributed by atoms with Crippen molar-refractivity contribution < 1.29 is 13.9 Å². The minimum absolute atomic E-state index is 0.0321. The van der Waals surface area contributed by atoms with E-state index in [-0.39, 0.29) is 16.5 Å². The number of aromatic nitrogens is 1. The Labute approximate surface area is 161 Å². The van der Waals surface area contributed by atoms with Gasteiger partial charge in [0, 0.05) is 35.6 Å². The van der Waals surface area contributed by atoms with Gasteiger partial charge in [0.15, 0.2) is 0 Å². The van der Waals surface area contributed by atoms with Gasteiger partial charge in [0.2, 0.25) is 0 Å². The second-order valence-corrected chi connectivity index (χ2v) is 7.25. The zero-order valence-electron chi connectivity index (χ0n) is 15.0. The molecule has 1 fully saturated rings. The lowest BCUT2D eigenvalue weighted by molar-refractivity contribution is 0.0707. The summed E-state index contributed by atoms with van der Waals surface area (Å²) in [5.74, 6) is 0.260. The second-order valence-electron chi connectivity index (χ2n) is 6.84. The molecule has 140 valence electrons. The van der Waals surface area contributed by atoms with Gasteiger partial charge in [-0.2, -0.15) is 0 Å². The van der Waals surface area contributed by atoms with E-state index < -0.39 is 5.82 Å². The predicted molar refractivity (Wildman–Crippen MR) is 104 cm³/mol. The molecule has 0 radical (unpaired) electrons. The van der Waals surface area contributed by atoms with E-state index in [4.69, 9.17) is 16.3 Å². The minimum atomic E-state index is -0.570. The maximum absolute atomic E-state index is 14.0. The molecule has 0 bridgehead atoms. The number of nitrogens with zero attached hydrogens (tertiary/aromatic N) is 1. The Morgan fingerprint density at radius 1 is 1.22 bits per heavy atom. The van der Waals surface area contributed by atoms with Crippen molar-refractivity contribution in [3.63, 3.8) is 0 Å². The summed E-state index contributed by atoms with van der Waals surface area (Å²) in [7, 11) is 1.66. The summed E-state index contributed by atoms with van der Waals surface area (Å²) in [6.07, 6.45) is 1.64. The zero-order valence-corrected chi connectivity index (χ0v) is 15.7. The quantitative estimate of drug-likeness (QED) is 0.689. The summed E-state index contributed by atoms with van der Waals surface area (Å²) in [6, 6.07) is 12.4. The molecular formula is C21H20ClFN2O2. The number of carbonyl (C=O) groups excluding carboxylic acids is 1. The van der Waals surface area contributed by atoms with Gasteiger partial charge in [-0.25, -0.2) is 4.39 Å². The van der Waals surface area contributed by atoms with Crippen molar-refractivity contribution in [1.82, 2.24) is 9.88 Å². The zero-order chi connectivity index (χ0) is 19.0. The number of ether oxygens (including phenoxy) is 1. The first-order valence-electron chi connectivity index (χ1n) is 8.97. The second kappa shape index (κ2) is 7.24. The van der Waals surface area contributed by atoms with Crippen LogP contribution in [-0.2, 0) is 0 Å². The number of benzene rings is 2. The van der Waals surface area contributed by atoms with E-state index in [1.807, 2.05) is 18.2 Å². The van der Waals surface area contributed by atoms with Crippen molar-refractivity contribution in [2.45, 2.75) is 18.8 Å². The van der Waals surface area contributed by atoms with E-state index in [0.29, 0.717) is 19.0 Å². The van der Waals surface area contributed by atoms with Crippen LogP contribution < -0.4 is 4.74 Å². The summed E-state index contributed by atoms with van der Waals surface area (Å²) < 4.78 is 19.3. The lowest BCUT2D eigenvalue weighted by Gasteiger charge is -2.32. The highest BCUT2D eigenvalue weighted by Crippen LogP contribution is 2.32. The number of aromatic amines is 1. The van der Waals surface area contributed by atoms with Gasteiger partial charge in [-0.15, -0.1) is 0 Å². The molecule has 0 atom stereocenters. The number of nitrogens with one attached hydrogen (secondary N) is 1. The van der Waals surface area contributed by atoms with Gasteiger partial charge in [0.05, 0.1) is 17.7 Å². The van der Waals surface area contributed by atoms with Crippen molar-refractivity contribution in [3.8, 4) is 5.75 Å². The van der Waals surface area contributed by atoms with Crippen molar-refractivity contribution in [2.24, 2.45) is 0 Å². The van der Waals surface area contributed by atoms with Crippen LogP contribution in [0, 0.1) is 5.82 Å². The Kier molecular flexibility index (Phi) is 4.79. The molecule has 27 heavy (non-hydrogen) atoms. The molecule has 3 aromatic rings. The third-order valence-electron chi connectivity index (χ3n) is 5.25. The highest BCUT2D eigenvalue weighted by molar-refractivity contribution is 6.33. The number of fused-ring (bicyclic) bond motifs is 1. The molecule has 1 N–H and O–H groups in total. The molecule has 2 aromatic carbocycles. The molecule has 0 spiro atoms. The number of likely N-dealkylation sites (tertiary alicyclic amines) is 1. The first kappa shape index (κ1) is 17.9. The van der Waals surface area contributed by atoms with Crippen LogP contribution in [0.1, 0.15) is 34.8 Å². The average Bonchev–Trinajstić information content (AvgIpc) is 3.11. The summed E-state index contributed by atoms with van der Waals surface area (Å²) in [6.45, 7) is 1.15. The van der Waals surface area contributed by atoms with Crippen LogP contribution in [0.15, 0.2) is 42.5 Å². The number of rotatable bonds is 3. The molecule has 4 nitrogen and oxygen atoms in total. The summed E-state index contributed by atoms with van der Waals surface area (Å²) >= 11 is 6.04. The topological polar surface area (TPSA) is 45.3 Å². The Hall–Kier alpha value is -2.53. The molecule has 4 rings (SSSR count). The number of hydrogen-bond donors (Lipinski definition) is 1. The van der Waals surface area contributed by atoms with Gasteiger partial charge in [-0.3, -0.25) is 4.79 Å². The van der Waals surface area contributed by atoms with Gasteiger partial charge in [0.1, 0.15) is 11.6 Å². The van der Waals surface area contributed by atoms with E-state index in [0.717, 1.165) is 35.2 Å². The van der Waals surface area contributed by atoms with Crippen molar-refractivity contribution in [2.75, 3.05) is 20.2 Å². The predicted octanol–water partition coefficient (Wildman–Crippen LogP) is 4.99. The van der Waals surface area contributed by atoms with Gasteiger partial charge in [-0.1, -0.05) is 17.7 Å². The first-order chi connectivity index (χ1) is 13.1. The highest BCUT2D eigenvalue weighted by atomic mass is 35.5. The monoisotopic (exact) mass is 386 g/mol.